The van der Waals surface area contributed by atoms with E-state index in [2.05, 4.69) is 20.9 Å². The summed E-state index contributed by atoms with van der Waals surface area (Å²) in [5.74, 6) is -0.165. The van der Waals surface area contributed by atoms with E-state index >= 15 is 0 Å². The highest BCUT2D eigenvalue weighted by Gasteiger charge is 2.39. The molecule has 0 aromatic carbocycles. The first-order chi connectivity index (χ1) is 8.27. The van der Waals surface area contributed by atoms with Crippen molar-refractivity contribution in [1.29, 1.82) is 0 Å². The molecule has 0 saturated carbocycles. The minimum atomic E-state index is -4.50. The molecule has 0 spiro atoms. The predicted octanol–water partition coefficient (Wildman–Crippen LogP) is 4.02. The molecule has 0 aliphatic carbocycles. The number of anilines is 1. The Hall–Kier alpha value is -0.440. The van der Waals surface area contributed by atoms with Gasteiger partial charge in [-0.25, -0.2) is 13.8 Å². The van der Waals surface area contributed by atoms with E-state index in [9.17, 15) is 22.0 Å². The van der Waals surface area contributed by atoms with Crippen LogP contribution in [-0.2, 0) is 6.18 Å². The smallest absolute Gasteiger partial charge is 0.347 e. The first kappa shape index (κ1) is 14.0. The van der Waals surface area contributed by atoms with Crippen LogP contribution >= 0.6 is 27.3 Å². The Morgan fingerprint density at radius 3 is 2.44 bits per heavy atom. The molecule has 1 aliphatic rings. The lowest BCUT2D eigenvalue weighted by Crippen LogP contribution is -2.47. The summed E-state index contributed by atoms with van der Waals surface area (Å²) >= 11 is 3.69. The average Bonchev–Trinajstić information content (AvgIpc) is 2.51. The van der Waals surface area contributed by atoms with Gasteiger partial charge < -0.3 is 4.90 Å². The molecule has 2 heterocycles. The molecular weight excluding hydrogens is 343 g/mol. The van der Waals surface area contributed by atoms with Gasteiger partial charge in [-0.15, -0.1) is 0 Å². The summed E-state index contributed by atoms with van der Waals surface area (Å²) in [6.07, 6.45) is -7.08. The molecule has 1 aromatic heterocycles. The number of halogens is 6. The minimum absolute atomic E-state index is 0.0812. The lowest BCUT2D eigenvalue weighted by Gasteiger charge is -2.39. The highest BCUT2D eigenvalue weighted by Crippen LogP contribution is 2.42. The fourth-order valence-electron chi connectivity index (χ4n) is 1.73. The van der Waals surface area contributed by atoms with Crippen LogP contribution < -0.4 is 4.90 Å². The zero-order valence-electron chi connectivity index (χ0n) is 8.85. The SMILES string of the molecule is FC(F)CC1CN(c2nc(C(F)(F)F)c(Br)s2)C1. The van der Waals surface area contributed by atoms with E-state index in [1.807, 2.05) is 0 Å². The Morgan fingerprint density at radius 2 is 2.00 bits per heavy atom. The summed E-state index contributed by atoms with van der Waals surface area (Å²) in [7, 11) is 0. The maximum Gasteiger partial charge on any atom is 0.435 e. The average molecular weight is 351 g/mol. The largest absolute Gasteiger partial charge is 0.435 e. The van der Waals surface area contributed by atoms with Gasteiger partial charge in [-0.1, -0.05) is 11.3 Å². The standard InChI is InChI=1S/C9H8BrF5N2S/c10-7-6(9(13,14)15)16-8(18-7)17-2-4(3-17)1-5(11)12/h4-5H,1-3H2. The quantitative estimate of drug-likeness (QED) is 0.765. The third kappa shape index (κ3) is 2.93. The molecule has 0 N–H and O–H groups in total. The predicted molar refractivity (Wildman–Crippen MR) is 61.1 cm³/mol. The summed E-state index contributed by atoms with van der Waals surface area (Å²) in [6.45, 7) is 0.670. The molecular formula is C9H8BrF5N2S. The van der Waals surface area contributed by atoms with E-state index in [0.29, 0.717) is 13.1 Å². The molecule has 1 fully saturated rings. The van der Waals surface area contributed by atoms with Crippen LogP contribution in [0.1, 0.15) is 12.1 Å². The summed E-state index contributed by atoms with van der Waals surface area (Å²) < 4.78 is 61.5. The second-order valence-corrected chi connectivity index (χ2v) is 6.31. The lowest BCUT2D eigenvalue weighted by atomic mass is 9.97. The summed E-state index contributed by atoms with van der Waals surface area (Å²) in [5.41, 5.74) is -0.959. The molecule has 0 bridgehead atoms. The molecule has 18 heavy (non-hydrogen) atoms. The van der Waals surface area contributed by atoms with Gasteiger partial charge in [0, 0.05) is 19.5 Å². The van der Waals surface area contributed by atoms with Gasteiger partial charge >= 0.3 is 6.18 Å². The van der Waals surface area contributed by atoms with Crippen molar-refractivity contribution < 1.29 is 22.0 Å². The molecule has 1 aliphatic heterocycles. The fourth-order valence-corrected chi connectivity index (χ4v) is 3.31. The van der Waals surface area contributed by atoms with Crippen LogP contribution in [0.15, 0.2) is 3.79 Å². The highest BCUT2D eigenvalue weighted by molar-refractivity contribution is 9.11. The maximum absolute atomic E-state index is 12.5. The van der Waals surface area contributed by atoms with E-state index in [1.165, 1.54) is 0 Å². The minimum Gasteiger partial charge on any atom is -0.347 e. The van der Waals surface area contributed by atoms with Gasteiger partial charge in [-0.05, 0) is 21.8 Å². The lowest BCUT2D eigenvalue weighted by molar-refractivity contribution is -0.141. The summed E-state index contributed by atoms with van der Waals surface area (Å²) in [5, 5.41) is 0.222. The van der Waals surface area contributed by atoms with Crippen molar-refractivity contribution in [3.63, 3.8) is 0 Å². The normalized spacial score (nSPS) is 17.4. The van der Waals surface area contributed by atoms with Gasteiger partial charge in [0.15, 0.2) is 10.8 Å². The van der Waals surface area contributed by atoms with Crippen molar-refractivity contribution in [2.75, 3.05) is 18.0 Å². The van der Waals surface area contributed by atoms with Gasteiger partial charge in [0.25, 0.3) is 0 Å². The monoisotopic (exact) mass is 350 g/mol. The van der Waals surface area contributed by atoms with E-state index in [0.717, 1.165) is 11.3 Å². The van der Waals surface area contributed by atoms with Gasteiger partial charge in [-0.3, -0.25) is 0 Å². The summed E-state index contributed by atoms with van der Waals surface area (Å²) in [6, 6.07) is 0. The molecule has 0 amide bonds. The van der Waals surface area contributed by atoms with E-state index in [1.54, 1.807) is 4.90 Å². The number of nitrogens with zero attached hydrogens (tertiary/aromatic N) is 2. The first-order valence-electron chi connectivity index (χ1n) is 5.04. The van der Waals surface area contributed by atoms with E-state index in [4.69, 9.17) is 0 Å². The highest BCUT2D eigenvalue weighted by atomic mass is 79.9. The molecule has 0 atom stereocenters. The molecule has 2 rings (SSSR count). The summed E-state index contributed by atoms with van der Waals surface area (Å²) in [4.78, 5) is 5.08. The Bertz CT molecular complexity index is 427. The molecule has 1 aromatic rings. The molecule has 2 nitrogen and oxygen atoms in total. The van der Waals surface area contributed by atoms with E-state index in [-0.39, 0.29) is 21.3 Å². The van der Waals surface area contributed by atoms with Crippen LogP contribution in [0, 0.1) is 5.92 Å². The Balaban J connectivity index is 2.01. The van der Waals surface area contributed by atoms with E-state index < -0.39 is 18.3 Å². The third-order valence-corrected chi connectivity index (χ3v) is 4.35. The van der Waals surface area contributed by atoms with Crippen molar-refractivity contribution in [3.05, 3.63) is 9.48 Å². The van der Waals surface area contributed by atoms with Crippen molar-refractivity contribution in [2.24, 2.45) is 5.92 Å². The molecule has 0 radical (unpaired) electrons. The number of aromatic nitrogens is 1. The van der Waals surface area contributed by atoms with Gasteiger partial charge in [0.1, 0.15) is 3.79 Å². The van der Waals surface area contributed by atoms with Crippen LogP contribution in [-0.4, -0.2) is 24.5 Å². The topological polar surface area (TPSA) is 16.1 Å². The third-order valence-electron chi connectivity index (χ3n) is 2.58. The van der Waals surface area contributed by atoms with Crippen molar-refractivity contribution in [2.45, 2.75) is 19.0 Å². The van der Waals surface area contributed by atoms with Crippen LogP contribution in [0.2, 0.25) is 0 Å². The van der Waals surface area contributed by atoms with Crippen LogP contribution in [0.25, 0.3) is 0 Å². The van der Waals surface area contributed by atoms with Gasteiger partial charge in [-0.2, -0.15) is 13.2 Å². The van der Waals surface area contributed by atoms with Crippen molar-refractivity contribution in [3.8, 4) is 0 Å². The fraction of sp³-hybridized carbons (Fsp3) is 0.667. The Morgan fingerprint density at radius 1 is 1.39 bits per heavy atom. The number of rotatable bonds is 3. The molecule has 0 unspecified atom stereocenters. The molecule has 102 valence electrons. The van der Waals surface area contributed by atoms with Crippen LogP contribution in [0.5, 0.6) is 0 Å². The number of hydrogen-bond donors (Lipinski definition) is 0. The molecule has 9 heteroatoms. The zero-order chi connectivity index (χ0) is 13.5. The Labute approximate surface area is 112 Å². The molecule has 1 saturated heterocycles. The number of hydrogen-bond acceptors (Lipinski definition) is 3. The van der Waals surface area contributed by atoms with Gasteiger partial charge in [0.2, 0.25) is 6.43 Å². The van der Waals surface area contributed by atoms with Gasteiger partial charge in [0.05, 0.1) is 0 Å². The van der Waals surface area contributed by atoms with Crippen LogP contribution in [0.4, 0.5) is 27.1 Å². The first-order valence-corrected chi connectivity index (χ1v) is 6.65. The number of alkyl halides is 5. The zero-order valence-corrected chi connectivity index (χ0v) is 11.2. The van der Waals surface area contributed by atoms with Crippen molar-refractivity contribution in [1.82, 2.24) is 4.98 Å². The van der Waals surface area contributed by atoms with Crippen LogP contribution in [0.3, 0.4) is 0 Å². The Kier molecular flexibility index (Phi) is 3.82. The second-order valence-electron chi connectivity index (χ2n) is 4.01. The second kappa shape index (κ2) is 4.92. The van der Waals surface area contributed by atoms with Crippen molar-refractivity contribution >= 4 is 32.4 Å². The number of thiazole rings is 1. The maximum atomic E-state index is 12.5.